The van der Waals surface area contributed by atoms with E-state index in [2.05, 4.69) is 16.1 Å². The summed E-state index contributed by atoms with van der Waals surface area (Å²) in [5, 5.41) is 4.61. The minimum absolute atomic E-state index is 0.451. The topological polar surface area (TPSA) is 57.9 Å². The van der Waals surface area contributed by atoms with Gasteiger partial charge in [-0.25, -0.2) is 12.9 Å². The van der Waals surface area contributed by atoms with Gasteiger partial charge in [-0.2, -0.15) is 9.40 Å². The molecule has 6 nitrogen and oxygen atoms in total. The van der Waals surface area contributed by atoms with E-state index in [1.807, 2.05) is 41.0 Å². The van der Waals surface area contributed by atoms with Crippen molar-refractivity contribution >= 4 is 15.5 Å². The zero-order chi connectivity index (χ0) is 19.8. The molecule has 0 N–H and O–H groups in total. The lowest BCUT2D eigenvalue weighted by Crippen LogP contribution is -2.48. The average molecular weight is 411 g/mol. The van der Waals surface area contributed by atoms with Crippen molar-refractivity contribution in [3.63, 3.8) is 0 Å². The molecule has 0 bridgehead atoms. The molecule has 1 aliphatic carbocycles. The zero-order valence-electron chi connectivity index (χ0n) is 16.5. The van der Waals surface area contributed by atoms with Gasteiger partial charge in [-0.3, -0.25) is 4.90 Å². The zero-order valence-corrected chi connectivity index (χ0v) is 17.3. The molecule has 152 valence electrons. The predicted molar refractivity (Wildman–Crippen MR) is 112 cm³/mol. The van der Waals surface area contributed by atoms with E-state index in [1.165, 1.54) is 17.5 Å². The molecular formula is C22H26N4O2S. The number of nitrogens with zero attached hydrogens (tertiary/aromatic N) is 4. The van der Waals surface area contributed by atoms with E-state index in [-0.39, 0.29) is 0 Å². The molecule has 0 radical (unpaired) electrons. The van der Waals surface area contributed by atoms with E-state index >= 15 is 0 Å². The Morgan fingerprint density at radius 1 is 0.897 bits per heavy atom. The van der Waals surface area contributed by atoms with Crippen LogP contribution < -0.4 is 0 Å². The van der Waals surface area contributed by atoms with E-state index in [1.54, 1.807) is 10.4 Å². The van der Waals surface area contributed by atoms with E-state index in [0.717, 1.165) is 50.1 Å². The van der Waals surface area contributed by atoms with Crippen LogP contribution in [0.4, 0.5) is 0 Å². The first-order chi connectivity index (χ1) is 14.1. The van der Waals surface area contributed by atoms with Crippen molar-refractivity contribution in [3.8, 4) is 0 Å². The minimum atomic E-state index is -3.43. The van der Waals surface area contributed by atoms with Crippen LogP contribution in [0.2, 0.25) is 0 Å². The van der Waals surface area contributed by atoms with Gasteiger partial charge in [0, 0.05) is 38.9 Å². The van der Waals surface area contributed by atoms with E-state index < -0.39 is 10.0 Å². The number of hydrogen-bond donors (Lipinski definition) is 0. The lowest BCUT2D eigenvalue weighted by atomic mass is 9.92. The first-order valence-electron chi connectivity index (χ1n) is 10.4. The van der Waals surface area contributed by atoms with Gasteiger partial charge in [0.05, 0.1) is 16.1 Å². The van der Waals surface area contributed by atoms with Crippen molar-refractivity contribution < 1.29 is 8.42 Å². The van der Waals surface area contributed by atoms with Crippen LogP contribution in [0, 0.1) is 0 Å². The number of piperazine rings is 1. The molecule has 1 aromatic carbocycles. The molecule has 5 rings (SSSR count). The molecular weight excluding hydrogens is 384 g/mol. The molecule has 0 unspecified atom stereocenters. The van der Waals surface area contributed by atoms with Crippen LogP contribution in [0.15, 0.2) is 53.6 Å². The van der Waals surface area contributed by atoms with Crippen LogP contribution in [0.5, 0.6) is 0 Å². The Hall–Kier alpha value is -2.22. The summed E-state index contributed by atoms with van der Waals surface area (Å²) >= 11 is 0. The molecule has 1 saturated heterocycles. The quantitative estimate of drug-likeness (QED) is 0.664. The second kappa shape index (κ2) is 7.55. The normalized spacial score (nSPS) is 18.8. The summed E-state index contributed by atoms with van der Waals surface area (Å²) in [5.74, 6) is 0. The summed E-state index contributed by atoms with van der Waals surface area (Å²) in [7, 11) is -3.43. The van der Waals surface area contributed by atoms with Gasteiger partial charge in [0.25, 0.3) is 0 Å². The lowest BCUT2D eigenvalue weighted by molar-refractivity contribution is 0.180. The molecule has 1 aliphatic heterocycles. The number of rotatable bonds is 4. The molecule has 0 spiro atoms. The highest BCUT2D eigenvalue weighted by molar-refractivity contribution is 7.89. The molecule has 0 amide bonds. The maximum atomic E-state index is 13.1. The monoisotopic (exact) mass is 410 g/mol. The standard InChI is InChI=1S/C22H26N4O2S/c27-29(28,22-9-8-18-5-1-2-6-19(18)15-22)25-13-11-24(12-14-25)17-20-16-21-7-3-4-10-26(21)23-20/h3-4,7-10,15-16H,1-2,5-6,11-14,17H2. The van der Waals surface area contributed by atoms with Gasteiger partial charge < -0.3 is 0 Å². The summed E-state index contributed by atoms with van der Waals surface area (Å²) in [6.45, 7) is 3.23. The summed E-state index contributed by atoms with van der Waals surface area (Å²) in [6, 6.07) is 13.8. The summed E-state index contributed by atoms with van der Waals surface area (Å²) in [4.78, 5) is 2.73. The van der Waals surface area contributed by atoms with Crippen LogP contribution in [-0.2, 0) is 29.4 Å². The number of aromatic nitrogens is 2. The predicted octanol–water partition coefficient (Wildman–Crippen LogP) is 2.72. The first-order valence-corrected chi connectivity index (χ1v) is 11.8. The van der Waals surface area contributed by atoms with Crippen LogP contribution in [-0.4, -0.2) is 53.4 Å². The van der Waals surface area contributed by atoms with E-state index in [9.17, 15) is 8.42 Å². The van der Waals surface area contributed by atoms with Crippen LogP contribution in [0.3, 0.4) is 0 Å². The van der Waals surface area contributed by atoms with Crippen molar-refractivity contribution in [2.45, 2.75) is 37.1 Å². The Labute approximate surface area is 171 Å². The highest BCUT2D eigenvalue weighted by Gasteiger charge is 2.29. The third-order valence-corrected chi connectivity index (χ3v) is 7.99. The van der Waals surface area contributed by atoms with E-state index in [4.69, 9.17) is 0 Å². The fourth-order valence-corrected chi connectivity index (χ4v) is 5.92. The number of pyridine rings is 1. The van der Waals surface area contributed by atoms with Gasteiger partial charge in [0.15, 0.2) is 0 Å². The van der Waals surface area contributed by atoms with Gasteiger partial charge >= 0.3 is 0 Å². The third-order valence-electron chi connectivity index (χ3n) is 6.10. The maximum Gasteiger partial charge on any atom is 0.243 e. The lowest BCUT2D eigenvalue weighted by Gasteiger charge is -2.33. The van der Waals surface area contributed by atoms with Crippen molar-refractivity contribution in [3.05, 3.63) is 65.5 Å². The SMILES string of the molecule is O=S(=O)(c1ccc2c(c1)CCCC2)N1CCN(Cc2cc3ccccn3n2)CC1. The number of fused-ring (bicyclic) bond motifs is 2. The highest BCUT2D eigenvalue weighted by Crippen LogP contribution is 2.26. The number of hydrogen-bond acceptors (Lipinski definition) is 4. The Kier molecular flexibility index (Phi) is 4.89. The summed E-state index contributed by atoms with van der Waals surface area (Å²) in [6.07, 6.45) is 6.36. The van der Waals surface area contributed by atoms with Gasteiger partial charge in [-0.05, 0) is 67.1 Å². The fourth-order valence-electron chi connectivity index (χ4n) is 4.44. The van der Waals surface area contributed by atoms with Crippen LogP contribution >= 0.6 is 0 Å². The third kappa shape index (κ3) is 3.70. The molecule has 2 aliphatic rings. The average Bonchev–Trinajstić information content (AvgIpc) is 3.16. The fraction of sp³-hybridized carbons (Fsp3) is 0.409. The van der Waals surface area contributed by atoms with Crippen LogP contribution in [0.1, 0.15) is 29.7 Å². The van der Waals surface area contributed by atoms with Crippen LogP contribution in [0.25, 0.3) is 5.52 Å². The second-order valence-corrected chi connectivity index (χ2v) is 9.96. The second-order valence-electron chi connectivity index (χ2n) is 8.02. The van der Waals surface area contributed by atoms with Crippen molar-refractivity contribution in [1.82, 2.24) is 18.8 Å². The molecule has 29 heavy (non-hydrogen) atoms. The van der Waals surface area contributed by atoms with Crippen molar-refractivity contribution in [1.29, 1.82) is 0 Å². The molecule has 3 aromatic rings. The molecule has 1 fully saturated rings. The molecule has 2 aromatic heterocycles. The number of benzene rings is 1. The molecule has 7 heteroatoms. The minimum Gasteiger partial charge on any atom is -0.295 e. The Bertz CT molecular complexity index is 1100. The molecule has 3 heterocycles. The molecule has 0 atom stereocenters. The Morgan fingerprint density at radius 2 is 1.69 bits per heavy atom. The van der Waals surface area contributed by atoms with Gasteiger partial charge in [-0.1, -0.05) is 12.1 Å². The van der Waals surface area contributed by atoms with Crippen molar-refractivity contribution in [2.75, 3.05) is 26.2 Å². The maximum absolute atomic E-state index is 13.1. The van der Waals surface area contributed by atoms with Gasteiger partial charge in [0.1, 0.15) is 0 Å². The van der Waals surface area contributed by atoms with E-state index in [0.29, 0.717) is 18.0 Å². The summed E-state index contributed by atoms with van der Waals surface area (Å²) in [5.41, 5.74) is 4.62. The first kappa shape index (κ1) is 18.8. The summed E-state index contributed by atoms with van der Waals surface area (Å²) < 4.78 is 29.8. The van der Waals surface area contributed by atoms with Crippen molar-refractivity contribution in [2.24, 2.45) is 0 Å². The smallest absolute Gasteiger partial charge is 0.243 e. The Morgan fingerprint density at radius 3 is 2.48 bits per heavy atom. The van der Waals surface area contributed by atoms with Gasteiger partial charge in [-0.15, -0.1) is 0 Å². The van der Waals surface area contributed by atoms with Gasteiger partial charge in [0.2, 0.25) is 10.0 Å². The largest absolute Gasteiger partial charge is 0.295 e. The number of sulfonamides is 1. The molecule has 0 saturated carbocycles. The highest BCUT2D eigenvalue weighted by atomic mass is 32.2. The number of aryl methyl sites for hydroxylation is 2. The Balaban J connectivity index is 1.26.